The van der Waals surface area contributed by atoms with E-state index in [0.717, 1.165) is 16.5 Å². The second-order valence-electron chi connectivity index (χ2n) is 5.56. The van der Waals surface area contributed by atoms with Crippen LogP contribution in [0.2, 0.25) is 0 Å². The van der Waals surface area contributed by atoms with Crippen LogP contribution < -0.4 is 4.74 Å². The summed E-state index contributed by atoms with van der Waals surface area (Å²) < 4.78 is 11.1. The molecule has 6 nitrogen and oxygen atoms in total. The van der Waals surface area contributed by atoms with Gasteiger partial charge in [-0.15, -0.1) is 0 Å². The Bertz CT molecular complexity index is 1030. The van der Waals surface area contributed by atoms with Crippen molar-refractivity contribution in [1.29, 1.82) is 0 Å². The van der Waals surface area contributed by atoms with Crippen molar-refractivity contribution in [2.24, 2.45) is 0 Å². The monoisotopic (exact) mass is 332 g/mol. The standard InChI is InChI=1S/C19H16N4O2/c1-3-24-18-14(11-13-8-6-7-12(2)16(13)21-18)17-22-19(25-23-17)15-9-4-5-10-20-15/h4-11H,3H2,1-2H3. The van der Waals surface area contributed by atoms with Crippen molar-refractivity contribution < 1.29 is 9.26 Å². The quantitative estimate of drug-likeness (QED) is 0.561. The van der Waals surface area contributed by atoms with E-state index in [9.17, 15) is 0 Å². The van der Waals surface area contributed by atoms with Crippen molar-refractivity contribution in [2.75, 3.05) is 6.61 Å². The minimum Gasteiger partial charge on any atom is -0.477 e. The zero-order chi connectivity index (χ0) is 17.2. The summed E-state index contributed by atoms with van der Waals surface area (Å²) in [5.41, 5.74) is 3.32. The summed E-state index contributed by atoms with van der Waals surface area (Å²) in [5.74, 6) is 1.29. The van der Waals surface area contributed by atoms with Gasteiger partial charge in [0.05, 0.1) is 17.7 Å². The molecule has 0 spiro atoms. The van der Waals surface area contributed by atoms with E-state index in [2.05, 4.69) is 20.1 Å². The topological polar surface area (TPSA) is 73.9 Å². The summed E-state index contributed by atoms with van der Waals surface area (Å²) in [6.45, 7) is 4.45. The zero-order valence-corrected chi connectivity index (χ0v) is 13.9. The Morgan fingerprint density at radius 1 is 1.08 bits per heavy atom. The number of aryl methyl sites for hydroxylation is 1. The Morgan fingerprint density at radius 3 is 2.80 bits per heavy atom. The van der Waals surface area contributed by atoms with Gasteiger partial charge < -0.3 is 9.26 Å². The molecule has 0 unspecified atom stereocenters. The molecular formula is C19H16N4O2. The number of ether oxygens (including phenoxy) is 1. The van der Waals surface area contributed by atoms with E-state index in [-0.39, 0.29) is 0 Å². The molecule has 0 aliphatic heterocycles. The molecule has 0 atom stereocenters. The Morgan fingerprint density at radius 2 is 2.00 bits per heavy atom. The number of nitrogens with zero attached hydrogens (tertiary/aromatic N) is 4. The lowest BCUT2D eigenvalue weighted by molar-refractivity contribution is 0.329. The molecular weight excluding hydrogens is 316 g/mol. The molecule has 6 heteroatoms. The Balaban J connectivity index is 1.85. The second kappa shape index (κ2) is 6.32. The molecule has 0 amide bonds. The molecule has 0 aliphatic carbocycles. The third kappa shape index (κ3) is 2.82. The molecule has 1 aromatic carbocycles. The molecule has 25 heavy (non-hydrogen) atoms. The van der Waals surface area contributed by atoms with E-state index >= 15 is 0 Å². The number of benzene rings is 1. The van der Waals surface area contributed by atoms with Crippen LogP contribution in [-0.2, 0) is 0 Å². The van der Waals surface area contributed by atoms with Gasteiger partial charge in [-0.3, -0.25) is 4.98 Å². The summed E-state index contributed by atoms with van der Waals surface area (Å²) in [7, 11) is 0. The van der Waals surface area contributed by atoms with Gasteiger partial charge in [0.2, 0.25) is 11.7 Å². The van der Waals surface area contributed by atoms with Crippen molar-refractivity contribution in [3.05, 3.63) is 54.2 Å². The van der Waals surface area contributed by atoms with E-state index in [1.807, 2.05) is 56.3 Å². The van der Waals surface area contributed by atoms with Crippen LogP contribution in [0.3, 0.4) is 0 Å². The van der Waals surface area contributed by atoms with Crippen LogP contribution in [0.5, 0.6) is 5.88 Å². The van der Waals surface area contributed by atoms with Crippen LogP contribution in [0.4, 0.5) is 0 Å². The lowest BCUT2D eigenvalue weighted by Crippen LogP contribution is -1.99. The van der Waals surface area contributed by atoms with Gasteiger partial charge in [-0.1, -0.05) is 29.4 Å². The number of hydrogen-bond donors (Lipinski definition) is 0. The van der Waals surface area contributed by atoms with Crippen LogP contribution in [0.25, 0.3) is 33.9 Å². The predicted molar refractivity (Wildman–Crippen MR) is 94.2 cm³/mol. The summed E-state index contributed by atoms with van der Waals surface area (Å²) >= 11 is 0. The van der Waals surface area contributed by atoms with Crippen molar-refractivity contribution >= 4 is 10.9 Å². The number of pyridine rings is 2. The molecule has 0 fully saturated rings. The van der Waals surface area contributed by atoms with Gasteiger partial charge in [0.25, 0.3) is 5.89 Å². The predicted octanol–water partition coefficient (Wildman–Crippen LogP) is 4.05. The highest BCUT2D eigenvalue weighted by Crippen LogP contribution is 2.32. The van der Waals surface area contributed by atoms with Gasteiger partial charge in [-0.2, -0.15) is 4.98 Å². The molecule has 124 valence electrons. The molecule has 0 N–H and O–H groups in total. The van der Waals surface area contributed by atoms with Gasteiger partial charge in [-0.25, -0.2) is 4.98 Å². The smallest absolute Gasteiger partial charge is 0.276 e. The number of aromatic nitrogens is 4. The SMILES string of the molecule is CCOc1nc2c(C)cccc2cc1-c1noc(-c2ccccn2)n1. The zero-order valence-electron chi connectivity index (χ0n) is 13.9. The maximum atomic E-state index is 5.72. The molecule has 0 saturated carbocycles. The van der Waals surface area contributed by atoms with E-state index in [4.69, 9.17) is 9.26 Å². The first-order chi connectivity index (χ1) is 12.3. The van der Waals surface area contributed by atoms with Crippen molar-refractivity contribution in [3.8, 4) is 28.9 Å². The van der Waals surface area contributed by atoms with Crippen LogP contribution in [0.15, 0.2) is 53.2 Å². The molecule has 4 aromatic rings. The average molecular weight is 332 g/mol. The molecule has 0 radical (unpaired) electrons. The Labute approximate surface area is 144 Å². The molecule has 0 bridgehead atoms. The van der Waals surface area contributed by atoms with Crippen molar-refractivity contribution in [2.45, 2.75) is 13.8 Å². The minimum absolute atomic E-state index is 0.363. The fourth-order valence-corrected chi connectivity index (χ4v) is 2.66. The highest BCUT2D eigenvalue weighted by Gasteiger charge is 2.18. The van der Waals surface area contributed by atoms with Crippen LogP contribution in [0, 0.1) is 6.92 Å². The maximum absolute atomic E-state index is 5.72. The van der Waals surface area contributed by atoms with E-state index in [0.29, 0.717) is 35.5 Å². The van der Waals surface area contributed by atoms with Gasteiger partial charge >= 0.3 is 0 Å². The second-order valence-corrected chi connectivity index (χ2v) is 5.56. The Kier molecular flexibility index (Phi) is 3.85. The highest BCUT2D eigenvalue weighted by atomic mass is 16.5. The lowest BCUT2D eigenvalue weighted by Gasteiger charge is -2.09. The third-order valence-electron chi connectivity index (χ3n) is 3.84. The fourth-order valence-electron chi connectivity index (χ4n) is 2.66. The molecule has 0 saturated heterocycles. The molecule has 3 heterocycles. The lowest BCUT2D eigenvalue weighted by atomic mass is 10.1. The summed E-state index contributed by atoms with van der Waals surface area (Å²) in [6.07, 6.45) is 1.69. The summed E-state index contributed by atoms with van der Waals surface area (Å²) in [6, 6.07) is 13.5. The number of fused-ring (bicyclic) bond motifs is 1. The number of rotatable bonds is 4. The van der Waals surface area contributed by atoms with Crippen molar-refractivity contribution in [1.82, 2.24) is 20.1 Å². The van der Waals surface area contributed by atoms with Crippen LogP contribution in [-0.4, -0.2) is 26.7 Å². The molecule has 4 rings (SSSR count). The van der Waals surface area contributed by atoms with E-state index in [1.54, 1.807) is 6.20 Å². The summed E-state index contributed by atoms with van der Waals surface area (Å²) in [5, 5.41) is 5.09. The molecule has 3 aromatic heterocycles. The van der Waals surface area contributed by atoms with Crippen LogP contribution >= 0.6 is 0 Å². The fraction of sp³-hybridized carbons (Fsp3) is 0.158. The molecule has 0 aliphatic rings. The maximum Gasteiger partial charge on any atom is 0.276 e. The largest absolute Gasteiger partial charge is 0.477 e. The van der Waals surface area contributed by atoms with Gasteiger partial charge in [0, 0.05) is 11.6 Å². The first kappa shape index (κ1) is 15.3. The normalized spacial score (nSPS) is 11.0. The van der Waals surface area contributed by atoms with Gasteiger partial charge in [0.1, 0.15) is 5.69 Å². The first-order valence-electron chi connectivity index (χ1n) is 8.05. The Hall–Kier alpha value is -3.28. The average Bonchev–Trinajstić information content (AvgIpc) is 3.13. The number of para-hydroxylation sites is 1. The van der Waals surface area contributed by atoms with Crippen molar-refractivity contribution in [3.63, 3.8) is 0 Å². The van der Waals surface area contributed by atoms with E-state index < -0.39 is 0 Å². The first-order valence-corrected chi connectivity index (χ1v) is 8.05. The van der Waals surface area contributed by atoms with E-state index in [1.165, 1.54) is 0 Å². The number of hydrogen-bond acceptors (Lipinski definition) is 6. The van der Waals surface area contributed by atoms with Gasteiger partial charge in [0.15, 0.2) is 0 Å². The highest BCUT2D eigenvalue weighted by molar-refractivity contribution is 5.87. The van der Waals surface area contributed by atoms with Crippen LogP contribution in [0.1, 0.15) is 12.5 Å². The summed E-state index contributed by atoms with van der Waals surface area (Å²) in [4.78, 5) is 13.4. The van der Waals surface area contributed by atoms with Gasteiger partial charge in [-0.05, 0) is 37.6 Å². The minimum atomic E-state index is 0.363. The third-order valence-corrected chi connectivity index (χ3v) is 3.84.